The Morgan fingerprint density at radius 3 is 2.12 bits per heavy atom. The second-order valence-corrected chi connectivity index (χ2v) is 5.40. The third kappa shape index (κ3) is 5.11. The molecule has 0 rings (SSSR count). The zero-order valence-electron chi connectivity index (χ0n) is 9.95. The maximum atomic E-state index is 11.8. The van der Waals surface area contributed by atoms with E-state index in [1.807, 2.05) is 22.6 Å². The molecule has 0 aromatic carbocycles. The van der Waals surface area contributed by atoms with Crippen LogP contribution in [0.3, 0.4) is 0 Å². The van der Waals surface area contributed by atoms with Crippen molar-refractivity contribution in [2.75, 3.05) is 4.43 Å². The molecule has 6 heteroatoms. The largest absolute Gasteiger partial charge is 0.460 e. The highest BCUT2D eigenvalue weighted by molar-refractivity contribution is 14.1. The molecule has 2 atom stereocenters. The Morgan fingerprint density at radius 1 is 1.31 bits per heavy atom. The lowest BCUT2D eigenvalue weighted by Gasteiger charge is -2.25. The molecule has 0 aliphatic rings. The molecule has 2 N–H and O–H groups in total. The Morgan fingerprint density at radius 2 is 1.81 bits per heavy atom. The van der Waals surface area contributed by atoms with Gasteiger partial charge >= 0.3 is 11.9 Å². The van der Waals surface area contributed by atoms with Crippen molar-refractivity contribution < 1.29 is 19.2 Å². The highest BCUT2D eigenvalue weighted by Crippen LogP contribution is 2.20. The van der Waals surface area contributed by atoms with E-state index in [2.05, 4.69) is 4.84 Å². The van der Waals surface area contributed by atoms with Crippen molar-refractivity contribution >= 4 is 34.5 Å². The van der Waals surface area contributed by atoms with Crippen molar-refractivity contribution in [3.63, 3.8) is 0 Å². The molecule has 0 amide bonds. The van der Waals surface area contributed by atoms with Gasteiger partial charge in [-0.15, -0.1) is 0 Å². The molecule has 0 bridgehead atoms. The lowest BCUT2D eigenvalue weighted by Crippen LogP contribution is -2.36. The molecule has 0 spiro atoms. The minimum absolute atomic E-state index is 0.403. The summed E-state index contributed by atoms with van der Waals surface area (Å²) in [6, 6.07) is 0. The van der Waals surface area contributed by atoms with E-state index in [4.69, 9.17) is 10.6 Å². The molecule has 0 aromatic heterocycles. The minimum atomic E-state index is -0.604. The van der Waals surface area contributed by atoms with Crippen LogP contribution < -0.4 is 5.90 Å². The zero-order chi connectivity index (χ0) is 12.9. The minimum Gasteiger partial charge on any atom is -0.460 e. The van der Waals surface area contributed by atoms with Gasteiger partial charge in [-0.1, -0.05) is 29.5 Å². The summed E-state index contributed by atoms with van der Waals surface area (Å²) >= 11 is 2.03. The molecule has 0 radical (unpaired) electrons. The van der Waals surface area contributed by atoms with Crippen LogP contribution in [0.2, 0.25) is 0 Å². The Bertz CT molecular complexity index is 262. The van der Waals surface area contributed by atoms with E-state index in [-0.39, 0.29) is 0 Å². The van der Waals surface area contributed by atoms with Gasteiger partial charge in [0.1, 0.15) is 5.60 Å². The summed E-state index contributed by atoms with van der Waals surface area (Å²) in [6.45, 7) is 6.94. The van der Waals surface area contributed by atoms with Gasteiger partial charge < -0.3 is 9.57 Å². The van der Waals surface area contributed by atoms with Gasteiger partial charge in [0.2, 0.25) is 0 Å². The lowest BCUT2D eigenvalue weighted by atomic mass is 9.96. The predicted molar refractivity (Wildman–Crippen MR) is 67.7 cm³/mol. The second kappa shape index (κ2) is 6.39. The molecule has 2 unspecified atom stereocenters. The van der Waals surface area contributed by atoms with Crippen LogP contribution in [0, 0.1) is 11.8 Å². The molecule has 0 fully saturated rings. The Hall–Kier alpha value is -0.370. The molecule has 0 aliphatic heterocycles. The van der Waals surface area contributed by atoms with E-state index >= 15 is 0 Å². The first kappa shape index (κ1) is 15.6. The van der Waals surface area contributed by atoms with Gasteiger partial charge in [0, 0.05) is 4.43 Å². The average molecular weight is 343 g/mol. The molecule has 94 valence electrons. The molecule has 0 saturated carbocycles. The number of hydrogen-bond donors (Lipinski definition) is 1. The maximum absolute atomic E-state index is 11.8. The van der Waals surface area contributed by atoms with Crippen molar-refractivity contribution in [2.24, 2.45) is 17.7 Å². The Kier molecular flexibility index (Phi) is 6.24. The number of carbonyl (C=O) groups is 2. The summed E-state index contributed by atoms with van der Waals surface area (Å²) in [4.78, 5) is 27.1. The normalized spacial score (nSPS) is 15.1. The van der Waals surface area contributed by atoms with E-state index in [0.29, 0.717) is 4.43 Å². The smallest absolute Gasteiger partial charge is 0.328 e. The van der Waals surface area contributed by atoms with Crippen molar-refractivity contribution in [1.29, 1.82) is 0 Å². The number of esters is 1. The van der Waals surface area contributed by atoms with Crippen molar-refractivity contribution in [3.8, 4) is 0 Å². The first-order valence-corrected chi connectivity index (χ1v) is 6.45. The predicted octanol–water partition coefficient (Wildman–Crippen LogP) is 1.43. The highest BCUT2D eigenvalue weighted by Gasteiger charge is 2.33. The molecular formula is C10H18INO4. The van der Waals surface area contributed by atoms with Gasteiger partial charge in [-0.2, -0.15) is 5.90 Å². The van der Waals surface area contributed by atoms with Gasteiger partial charge in [-0.3, -0.25) is 9.59 Å². The zero-order valence-corrected chi connectivity index (χ0v) is 12.1. The molecule has 0 heterocycles. The van der Waals surface area contributed by atoms with E-state index in [9.17, 15) is 9.59 Å². The summed E-state index contributed by atoms with van der Waals surface area (Å²) in [6.07, 6.45) is 0. The molecule has 5 nitrogen and oxygen atoms in total. The van der Waals surface area contributed by atoms with Crippen LogP contribution in [-0.2, 0) is 19.2 Å². The number of carbonyl (C=O) groups excluding carboxylic acids is 2. The summed E-state index contributed by atoms with van der Waals surface area (Å²) in [5.41, 5.74) is -0.562. The topological polar surface area (TPSA) is 78.6 Å². The lowest BCUT2D eigenvalue weighted by molar-refractivity contribution is -0.166. The molecular weight excluding hydrogens is 325 g/mol. The van der Waals surface area contributed by atoms with Gasteiger partial charge in [0.15, 0.2) is 0 Å². The first-order chi connectivity index (χ1) is 7.22. The second-order valence-electron chi connectivity index (χ2n) is 4.52. The van der Waals surface area contributed by atoms with E-state index in [0.717, 1.165) is 0 Å². The molecule has 0 aromatic rings. The summed E-state index contributed by atoms with van der Waals surface area (Å²) in [7, 11) is 0. The van der Waals surface area contributed by atoms with Crippen LogP contribution in [0.15, 0.2) is 0 Å². The Balaban J connectivity index is 4.61. The number of nitrogens with two attached hydrogens (primary N) is 1. The van der Waals surface area contributed by atoms with Gasteiger partial charge in [0.25, 0.3) is 0 Å². The van der Waals surface area contributed by atoms with E-state index in [1.165, 1.54) is 0 Å². The van der Waals surface area contributed by atoms with Gasteiger partial charge in [0.05, 0.1) is 11.8 Å². The third-order valence-corrected chi connectivity index (χ3v) is 2.92. The molecule has 16 heavy (non-hydrogen) atoms. The number of alkyl halides is 1. The van der Waals surface area contributed by atoms with Crippen molar-refractivity contribution in [2.45, 2.75) is 33.3 Å². The van der Waals surface area contributed by atoms with Crippen LogP contribution in [0.4, 0.5) is 0 Å². The summed E-state index contributed by atoms with van der Waals surface area (Å²) in [5, 5.41) is 0. The van der Waals surface area contributed by atoms with Crippen LogP contribution in [0.25, 0.3) is 0 Å². The van der Waals surface area contributed by atoms with Crippen LogP contribution in [-0.4, -0.2) is 22.0 Å². The highest BCUT2D eigenvalue weighted by atomic mass is 127. The number of rotatable bonds is 4. The van der Waals surface area contributed by atoms with E-state index in [1.54, 1.807) is 27.7 Å². The fraction of sp³-hybridized carbons (Fsp3) is 0.800. The number of ether oxygens (including phenoxy) is 1. The van der Waals surface area contributed by atoms with Crippen LogP contribution in [0.5, 0.6) is 0 Å². The van der Waals surface area contributed by atoms with Gasteiger partial charge in [-0.25, -0.2) is 0 Å². The van der Waals surface area contributed by atoms with E-state index < -0.39 is 29.4 Å². The summed E-state index contributed by atoms with van der Waals surface area (Å²) < 4.78 is 5.69. The monoisotopic (exact) mass is 343 g/mol. The average Bonchev–Trinajstić information content (AvgIpc) is 2.14. The standard InChI is InChI=1S/C10H18INO4/c1-6(8(13)16-12)7(5-11)9(14)15-10(2,3)4/h6-7H,5,12H2,1-4H3. The van der Waals surface area contributed by atoms with Crippen molar-refractivity contribution in [3.05, 3.63) is 0 Å². The van der Waals surface area contributed by atoms with Crippen LogP contribution in [0.1, 0.15) is 27.7 Å². The maximum Gasteiger partial charge on any atom is 0.328 e. The van der Waals surface area contributed by atoms with Gasteiger partial charge in [-0.05, 0) is 20.8 Å². The van der Waals surface area contributed by atoms with Crippen molar-refractivity contribution in [1.82, 2.24) is 0 Å². The third-order valence-electron chi connectivity index (χ3n) is 1.97. The quantitative estimate of drug-likeness (QED) is 0.362. The Labute approximate surface area is 109 Å². The number of halogens is 1. The summed E-state index contributed by atoms with van der Waals surface area (Å²) in [5.74, 6) is 2.65. The fourth-order valence-corrected chi connectivity index (χ4v) is 2.17. The first-order valence-electron chi connectivity index (χ1n) is 4.92. The SMILES string of the molecule is CC(C(=O)ON)C(CI)C(=O)OC(C)(C)C. The molecule has 0 aliphatic carbocycles. The fourth-order valence-electron chi connectivity index (χ4n) is 1.05. The number of hydrogen-bond acceptors (Lipinski definition) is 5. The molecule has 0 saturated heterocycles. The van der Waals surface area contributed by atoms with Crippen LogP contribution >= 0.6 is 22.6 Å².